The van der Waals surface area contributed by atoms with Gasteiger partial charge in [0.2, 0.25) is 0 Å². The molecular weight excluding hydrogens is 163 g/mol. The van der Waals surface area contributed by atoms with Gasteiger partial charge in [-0.1, -0.05) is 24.3 Å². The van der Waals surface area contributed by atoms with Crippen molar-refractivity contribution in [2.45, 2.75) is 6.42 Å². The van der Waals surface area contributed by atoms with E-state index in [0.717, 1.165) is 30.7 Å². The van der Waals surface area contributed by atoms with Crippen LogP contribution in [-0.4, -0.2) is 20.3 Å². The fourth-order valence-corrected chi connectivity index (χ4v) is 1.36. The van der Waals surface area contributed by atoms with E-state index in [2.05, 4.69) is 6.92 Å². The summed E-state index contributed by atoms with van der Waals surface area (Å²) in [4.78, 5) is 0. The van der Waals surface area contributed by atoms with Gasteiger partial charge < -0.3 is 9.31 Å². The highest BCUT2D eigenvalue weighted by molar-refractivity contribution is 6.61. The van der Waals surface area contributed by atoms with Gasteiger partial charge >= 0.3 is 7.12 Å². The minimum Gasteiger partial charge on any atom is -0.407 e. The maximum Gasteiger partial charge on any atom is 0.493 e. The van der Waals surface area contributed by atoms with Crippen molar-refractivity contribution in [2.75, 3.05) is 13.2 Å². The normalized spacial score (nSPS) is 17.5. The SMILES string of the molecule is [CH2]c1ccc(B2OCCCO2)cc1. The van der Waals surface area contributed by atoms with E-state index < -0.39 is 0 Å². The second-order valence-electron chi connectivity index (χ2n) is 3.17. The van der Waals surface area contributed by atoms with Gasteiger partial charge in [-0.3, -0.25) is 0 Å². The number of hydrogen-bond acceptors (Lipinski definition) is 2. The molecule has 1 aliphatic rings. The first-order valence-electron chi connectivity index (χ1n) is 4.51. The van der Waals surface area contributed by atoms with E-state index >= 15 is 0 Å². The zero-order chi connectivity index (χ0) is 9.10. The second-order valence-corrected chi connectivity index (χ2v) is 3.17. The van der Waals surface area contributed by atoms with Crippen LogP contribution < -0.4 is 5.46 Å². The van der Waals surface area contributed by atoms with Gasteiger partial charge in [-0.25, -0.2) is 0 Å². The summed E-state index contributed by atoms with van der Waals surface area (Å²) < 4.78 is 10.9. The Morgan fingerprint density at radius 2 is 1.69 bits per heavy atom. The zero-order valence-electron chi connectivity index (χ0n) is 7.53. The minimum atomic E-state index is -0.172. The van der Waals surface area contributed by atoms with E-state index in [9.17, 15) is 0 Å². The molecule has 1 heterocycles. The van der Waals surface area contributed by atoms with Gasteiger partial charge in [-0.05, 0) is 24.4 Å². The van der Waals surface area contributed by atoms with E-state index in [1.807, 2.05) is 24.3 Å². The Morgan fingerprint density at radius 3 is 2.31 bits per heavy atom. The number of benzene rings is 1. The van der Waals surface area contributed by atoms with Gasteiger partial charge in [0.25, 0.3) is 0 Å². The summed E-state index contributed by atoms with van der Waals surface area (Å²) in [6.45, 7) is 5.40. The molecule has 0 unspecified atom stereocenters. The fraction of sp³-hybridized carbons (Fsp3) is 0.300. The van der Waals surface area contributed by atoms with E-state index in [4.69, 9.17) is 9.31 Å². The molecule has 0 N–H and O–H groups in total. The zero-order valence-corrected chi connectivity index (χ0v) is 7.53. The Kier molecular flexibility index (Phi) is 2.66. The van der Waals surface area contributed by atoms with Crippen LogP contribution in [0.3, 0.4) is 0 Å². The third kappa shape index (κ3) is 2.11. The lowest BCUT2D eigenvalue weighted by molar-refractivity contribution is 0.143. The summed E-state index contributed by atoms with van der Waals surface area (Å²) in [6.07, 6.45) is 0.990. The van der Waals surface area contributed by atoms with Crippen molar-refractivity contribution in [2.24, 2.45) is 0 Å². The minimum absolute atomic E-state index is 0.172. The summed E-state index contributed by atoms with van der Waals surface area (Å²) in [6, 6.07) is 7.93. The van der Waals surface area contributed by atoms with E-state index in [-0.39, 0.29) is 7.12 Å². The van der Waals surface area contributed by atoms with Crippen LogP contribution in [0.2, 0.25) is 0 Å². The van der Waals surface area contributed by atoms with Crippen LogP contribution >= 0.6 is 0 Å². The molecule has 0 bridgehead atoms. The summed E-state index contributed by atoms with van der Waals surface area (Å²) in [5, 5.41) is 0. The highest BCUT2D eigenvalue weighted by atomic mass is 16.6. The topological polar surface area (TPSA) is 18.5 Å². The van der Waals surface area contributed by atoms with Crippen molar-refractivity contribution in [3.05, 3.63) is 36.8 Å². The van der Waals surface area contributed by atoms with Crippen molar-refractivity contribution in [1.29, 1.82) is 0 Å². The molecule has 67 valence electrons. The van der Waals surface area contributed by atoms with E-state index in [1.165, 1.54) is 0 Å². The van der Waals surface area contributed by atoms with Crippen LogP contribution in [0.1, 0.15) is 12.0 Å². The lowest BCUT2D eigenvalue weighted by atomic mass is 9.78. The quantitative estimate of drug-likeness (QED) is 0.592. The smallest absolute Gasteiger partial charge is 0.407 e. The number of hydrogen-bond donors (Lipinski definition) is 0. The third-order valence-electron chi connectivity index (χ3n) is 2.08. The molecule has 0 spiro atoms. The van der Waals surface area contributed by atoms with Crippen LogP contribution in [0.25, 0.3) is 0 Å². The molecule has 0 aliphatic carbocycles. The Morgan fingerprint density at radius 1 is 1.08 bits per heavy atom. The molecule has 13 heavy (non-hydrogen) atoms. The molecule has 0 atom stereocenters. The second kappa shape index (κ2) is 3.94. The summed E-state index contributed by atoms with van der Waals surface area (Å²) >= 11 is 0. The maximum absolute atomic E-state index is 5.46. The highest BCUT2D eigenvalue weighted by Crippen LogP contribution is 2.02. The van der Waals surface area contributed by atoms with Crippen molar-refractivity contribution in [1.82, 2.24) is 0 Å². The maximum atomic E-state index is 5.46. The van der Waals surface area contributed by atoms with Crippen molar-refractivity contribution >= 4 is 12.6 Å². The van der Waals surface area contributed by atoms with Crippen molar-refractivity contribution < 1.29 is 9.31 Å². The molecule has 1 aromatic carbocycles. The molecule has 1 fully saturated rings. The lowest BCUT2D eigenvalue weighted by Gasteiger charge is -2.19. The molecule has 0 amide bonds. The monoisotopic (exact) mass is 175 g/mol. The van der Waals surface area contributed by atoms with E-state index in [1.54, 1.807) is 0 Å². The lowest BCUT2D eigenvalue weighted by Crippen LogP contribution is -2.40. The van der Waals surface area contributed by atoms with Gasteiger partial charge in [-0.2, -0.15) is 0 Å². The van der Waals surface area contributed by atoms with Crippen LogP contribution in [0, 0.1) is 6.92 Å². The Balaban J connectivity index is 2.10. The van der Waals surface area contributed by atoms with E-state index in [0.29, 0.717) is 0 Å². The Hall–Kier alpha value is -0.795. The molecular formula is C10H12BO2. The van der Waals surface area contributed by atoms with Crippen LogP contribution in [0.4, 0.5) is 0 Å². The average Bonchev–Trinajstić information content (AvgIpc) is 2.20. The fourth-order valence-electron chi connectivity index (χ4n) is 1.36. The van der Waals surface area contributed by atoms with Crippen molar-refractivity contribution in [3.8, 4) is 0 Å². The third-order valence-corrected chi connectivity index (χ3v) is 2.08. The predicted molar refractivity (Wildman–Crippen MR) is 52.8 cm³/mol. The molecule has 2 rings (SSSR count). The van der Waals surface area contributed by atoms with Crippen LogP contribution in [-0.2, 0) is 9.31 Å². The number of rotatable bonds is 1. The summed E-state index contributed by atoms with van der Waals surface area (Å²) in [7, 11) is -0.172. The molecule has 0 aromatic heterocycles. The van der Waals surface area contributed by atoms with Gasteiger partial charge in [0, 0.05) is 13.2 Å². The molecule has 3 heteroatoms. The molecule has 1 aliphatic heterocycles. The average molecular weight is 175 g/mol. The first-order chi connectivity index (χ1) is 6.36. The summed E-state index contributed by atoms with van der Waals surface area (Å²) in [5.74, 6) is 0. The van der Waals surface area contributed by atoms with Gasteiger partial charge in [0.15, 0.2) is 0 Å². The molecule has 1 saturated heterocycles. The first-order valence-corrected chi connectivity index (χ1v) is 4.51. The summed E-state index contributed by atoms with van der Waals surface area (Å²) in [5.41, 5.74) is 2.09. The first kappa shape index (κ1) is 8.79. The van der Waals surface area contributed by atoms with Gasteiger partial charge in [-0.15, -0.1) is 0 Å². The molecule has 2 nitrogen and oxygen atoms in total. The Labute approximate surface area is 79.0 Å². The van der Waals surface area contributed by atoms with Crippen LogP contribution in [0.5, 0.6) is 0 Å². The molecule has 0 saturated carbocycles. The Bertz CT molecular complexity index is 265. The highest BCUT2D eigenvalue weighted by Gasteiger charge is 2.23. The standard InChI is InChI=1S/C10H12BO2/c1-9-3-5-10(6-4-9)11-12-7-2-8-13-11/h3-6H,1-2,7-8H2. The van der Waals surface area contributed by atoms with Gasteiger partial charge in [0.05, 0.1) is 0 Å². The largest absolute Gasteiger partial charge is 0.493 e. The predicted octanol–water partition coefficient (Wildman–Crippen LogP) is 1.00. The van der Waals surface area contributed by atoms with Crippen molar-refractivity contribution in [3.63, 3.8) is 0 Å². The van der Waals surface area contributed by atoms with Gasteiger partial charge in [0.1, 0.15) is 0 Å². The van der Waals surface area contributed by atoms with Crippen LogP contribution in [0.15, 0.2) is 24.3 Å². The molecule has 1 radical (unpaired) electrons. The molecule has 1 aromatic rings.